The lowest BCUT2D eigenvalue weighted by Gasteiger charge is -2.08. The van der Waals surface area contributed by atoms with Crippen LogP contribution < -0.4 is 11.2 Å². The highest BCUT2D eigenvalue weighted by molar-refractivity contribution is 7.86. The number of benzene rings is 1. The van der Waals surface area contributed by atoms with Gasteiger partial charge in [0.05, 0.1) is 10.9 Å². The third kappa shape index (κ3) is 1.85. The van der Waals surface area contributed by atoms with Gasteiger partial charge in [0.15, 0.2) is 0 Å². The van der Waals surface area contributed by atoms with Crippen LogP contribution in [0.15, 0.2) is 20.6 Å². The van der Waals surface area contributed by atoms with Crippen molar-refractivity contribution in [2.75, 3.05) is 0 Å². The van der Waals surface area contributed by atoms with E-state index in [4.69, 9.17) is 0 Å². The fourth-order valence-electron chi connectivity index (χ4n) is 2.03. The van der Waals surface area contributed by atoms with Crippen LogP contribution in [0.2, 0.25) is 0 Å². The molecule has 0 saturated carbocycles. The summed E-state index contributed by atoms with van der Waals surface area (Å²) in [5.41, 5.74) is -0.946. The second-order valence-electron chi connectivity index (χ2n) is 3.97. The molecule has 0 fully saturated rings. The Morgan fingerprint density at radius 1 is 1.11 bits per heavy atom. The average molecular weight is 270 g/mol. The van der Waals surface area contributed by atoms with Crippen LogP contribution in [0.3, 0.4) is 0 Å². The van der Waals surface area contributed by atoms with Crippen LogP contribution in [0.25, 0.3) is 10.9 Å². The summed E-state index contributed by atoms with van der Waals surface area (Å²) >= 11 is 0. The van der Waals surface area contributed by atoms with Gasteiger partial charge in [0.25, 0.3) is 15.7 Å². The lowest BCUT2D eigenvalue weighted by atomic mass is 10.1. The average Bonchev–Trinajstić information content (AvgIpc) is 2.11. The molecule has 7 nitrogen and oxygen atoms in total. The number of aryl methyl sites for hydroxylation is 2. The summed E-state index contributed by atoms with van der Waals surface area (Å²) in [6.45, 7) is 3.08. The molecule has 0 atom stereocenters. The van der Waals surface area contributed by atoms with Crippen molar-refractivity contribution in [3.63, 3.8) is 0 Å². The Morgan fingerprint density at radius 3 is 2.28 bits per heavy atom. The molecule has 0 radical (unpaired) electrons. The first-order valence-electron chi connectivity index (χ1n) is 4.96. The maximum atomic E-state index is 11.7. The Kier molecular flexibility index (Phi) is 2.63. The van der Waals surface area contributed by atoms with E-state index in [1.54, 1.807) is 6.92 Å². The first-order valence-corrected chi connectivity index (χ1v) is 6.40. The van der Waals surface area contributed by atoms with Crippen molar-refractivity contribution in [3.8, 4) is 0 Å². The van der Waals surface area contributed by atoms with Gasteiger partial charge in [-0.15, -0.1) is 0 Å². The van der Waals surface area contributed by atoms with E-state index in [0.29, 0.717) is 5.56 Å². The largest absolute Gasteiger partial charge is 0.326 e. The van der Waals surface area contributed by atoms with Crippen LogP contribution in [0.5, 0.6) is 0 Å². The molecule has 0 aliphatic heterocycles. The number of hydrogen-bond acceptors (Lipinski definition) is 4. The second kappa shape index (κ2) is 3.79. The lowest BCUT2D eigenvalue weighted by Crippen LogP contribution is -2.24. The van der Waals surface area contributed by atoms with Crippen molar-refractivity contribution in [2.24, 2.45) is 0 Å². The molecule has 1 aromatic carbocycles. The van der Waals surface area contributed by atoms with Crippen molar-refractivity contribution in [1.82, 2.24) is 9.97 Å². The Labute approximate surface area is 101 Å². The highest BCUT2D eigenvalue weighted by atomic mass is 32.2. The summed E-state index contributed by atoms with van der Waals surface area (Å²) in [6, 6.07) is 1.46. The number of fused-ring (bicyclic) bond motifs is 1. The number of H-pyrrole nitrogens is 2. The van der Waals surface area contributed by atoms with Gasteiger partial charge in [0, 0.05) is 0 Å². The van der Waals surface area contributed by atoms with Crippen molar-refractivity contribution in [3.05, 3.63) is 38.0 Å². The van der Waals surface area contributed by atoms with Gasteiger partial charge in [-0.2, -0.15) is 8.42 Å². The minimum atomic E-state index is -4.53. The Balaban J connectivity index is 3.24. The van der Waals surface area contributed by atoms with Crippen LogP contribution in [0.4, 0.5) is 0 Å². The molecule has 0 unspecified atom stereocenters. The molecule has 0 spiro atoms. The van der Waals surface area contributed by atoms with Crippen LogP contribution in [-0.4, -0.2) is 22.9 Å². The number of rotatable bonds is 1. The minimum absolute atomic E-state index is 0.0350. The Morgan fingerprint density at radius 2 is 1.72 bits per heavy atom. The lowest BCUT2D eigenvalue weighted by molar-refractivity contribution is 0.483. The van der Waals surface area contributed by atoms with E-state index in [1.807, 2.05) is 4.98 Å². The predicted molar refractivity (Wildman–Crippen MR) is 64.5 cm³/mol. The molecule has 0 bridgehead atoms. The molecule has 2 rings (SSSR count). The number of aromatic amines is 2. The number of hydrogen-bond donors (Lipinski definition) is 3. The first-order chi connectivity index (χ1) is 8.21. The molecule has 3 N–H and O–H groups in total. The number of aromatic nitrogens is 2. The molecule has 8 heteroatoms. The third-order valence-electron chi connectivity index (χ3n) is 2.61. The van der Waals surface area contributed by atoms with Crippen LogP contribution in [0, 0.1) is 13.8 Å². The van der Waals surface area contributed by atoms with Crippen molar-refractivity contribution >= 4 is 21.0 Å². The van der Waals surface area contributed by atoms with E-state index in [-0.39, 0.29) is 16.5 Å². The van der Waals surface area contributed by atoms with E-state index in [9.17, 15) is 22.6 Å². The van der Waals surface area contributed by atoms with Gasteiger partial charge in [-0.3, -0.25) is 14.3 Å². The fourth-order valence-corrected chi connectivity index (χ4v) is 2.90. The molecule has 0 aliphatic carbocycles. The fraction of sp³-hybridized carbons (Fsp3) is 0.200. The summed E-state index contributed by atoms with van der Waals surface area (Å²) < 4.78 is 31.8. The topological polar surface area (TPSA) is 120 Å². The zero-order chi connectivity index (χ0) is 13.7. The van der Waals surface area contributed by atoms with Crippen LogP contribution in [0.1, 0.15) is 11.1 Å². The van der Waals surface area contributed by atoms with E-state index >= 15 is 0 Å². The van der Waals surface area contributed by atoms with E-state index in [0.717, 1.165) is 0 Å². The second-order valence-corrected chi connectivity index (χ2v) is 5.33. The maximum Gasteiger partial charge on any atom is 0.326 e. The summed E-state index contributed by atoms with van der Waals surface area (Å²) in [7, 11) is -4.53. The Bertz CT molecular complexity index is 860. The Hall–Kier alpha value is -1.93. The zero-order valence-electron chi connectivity index (χ0n) is 9.57. The third-order valence-corrected chi connectivity index (χ3v) is 3.66. The molecule has 0 aliphatic rings. The van der Waals surface area contributed by atoms with Gasteiger partial charge >= 0.3 is 5.69 Å². The maximum absolute atomic E-state index is 11.7. The van der Waals surface area contributed by atoms with Gasteiger partial charge in [0.1, 0.15) is 4.90 Å². The molecule has 1 aromatic heterocycles. The minimum Gasteiger partial charge on any atom is -0.305 e. The van der Waals surface area contributed by atoms with E-state index in [1.165, 1.54) is 13.0 Å². The quantitative estimate of drug-likeness (QED) is 0.634. The molecular weight excluding hydrogens is 260 g/mol. The smallest absolute Gasteiger partial charge is 0.305 e. The van der Waals surface area contributed by atoms with Crippen molar-refractivity contribution < 1.29 is 13.0 Å². The SMILES string of the molecule is Cc1cc(C)c2c(=O)[nH]c(=O)[nH]c2c1S(=O)(=O)O. The monoisotopic (exact) mass is 270 g/mol. The van der Waals surface area contributed by atoms with Crippen molar-refractivity contribution in [1.29, 1.82) is 0 Å². The van der Waals surface area contributed by atoms with Gasteiger partial charge in [-0.1, -0.05) is 6.07 Å². The predicted octanol–water partition coefficient (Wildman–Crippen LogP) is 0.0799. The highest BCUT2D eigenvalue weighted by Gasteiger charge is 2.21. The summed E-state index contributed by atoms with van der Waals surface area (Å²) in [6.07, 6.45) is 0. The van der Waals surface area contributed by atoms with Gasteiger partial charge in [-0.25, -0.2) is 4.79 Å². The summed E-state index contributed by atoms with van der Waals surface area (Å²) in [5, 5.41) is 0.0350. The zero-order valence-corrected chi connectivity index (χ0v) is 10.4. The normalized spacial score (nSPS) is 11.9. The van der Waals surface area contributed by atoms with Gasteiger partial charge in [-0.05, 0) is 25.0 Å². The summed E-state index contributed by atoms with van der Waals surface area (Å²) in [4.78, 5) is 26.7. The number of nitrogens with one attached hydrogen (secondary N) is 2. The van der Waals surface area contributed by atoms with E-state index in [2.05, 4.69) is 4.98 Å². The molecule has 0 saturated heterocycles. The van der Waals surface area contributed by atoms with Crippen LogP contribution in [-0.2, 0) is 10.1 Å². The first kappa shape index (κ1) is 12.5. The highest BCUT2D eigenvalue weighted by Crippen LogP contribution is 2.24. The van der Waals surface area contributed by atoms with Gasteiger partial charge in [0.2, 0.25) is 0 Å². The molecule has 0 amide bonds. The molecule has 1 heterocycles. The molecular formula is C10H10N2O5S. The van der Waals surface area contributed by atoms with Crippen LogP contribution >= 0.6 is 0 Å². The van der Waals surface area contributed by atoms with E-state index < -0.39 is 26.3 Å². The van der Waals surface area contributed by atoms with Crippen molar-refractivity contribution in [2.45, 2.75) is 18.7 Å². The molecule has 96 valence electrons. The summed E-state index contributed by atoms with van der Waals surface area (Å²) in [5.74, 6) is 0. The standard InChI is InChI=1S/C10H10N2O5S/c1-4-3-5(2)8(18(15,16)17)7-6(4)9(13)12-10(14)11-7/h3H,1-2H3,(H,15,16,17)(H2,11,12,13,14). The molecule has 2 aromatic rings. The molecule has 18 heavy (non-hydrogen) atoms. The van der Waals surface area contributed by atoms with Gasteiger partial charge < -0.3 is 4.98 Å².